The first-order valence-corrected chi connectivity index (χ1v) is 9.82. The minimum Gasteiger partial charge on any atom is -0.348 e. The summed E-state index contributed by atoms with van der Waals surface area (Å²) in [7, 11) is 1.95. The van der Waals surface area contributed by atoms with Crippen LogP contribution in [0.25, 0.3) is 22.6 Å². The van der Waals surface area contributed by atoms with Gasteiger partial charge in [0, 0.05) is 39.3 Å². The van der Waals surface area contributed by atoms with Crippen molar-refractivity contribution in [2.24, 2.45) is 7.05 Å². The third-order valence-corrected chi connectivity index (χ3v) is 5.60. The van der Waals surface area contributed by atoms with Gasteiger partial charge in [0.25, 0.3) is 0 Å². The van der Waals surface area contributed by atoms with Crippen molar-refractivity contribution in [2.45, 2.75) is 25.3 Å². The Hall–Kier alpha value is -3.42. The molecule has 0 N–H and O–H groups in total. The summed E-state index contributed by atoms with van der Waals surface area (Å²) in [5.74, 6) is 1.43. The zero-order chi connectivity index (χ0) is 19.8. The van der Waals surface area contributed by atoms with Gasteiger partial charge in [0.05, 0.1) is 29.0 Å². The highest BCUT2D eigenvalue weighted by molar-refractivity contribution is 5.78. The Morgan fingerprint density at radius 1 is 1.24 bits per heavy atom. The molecule has 0 unspecified atom stereocenters. The molecular formula is C21H22N6O2. The largest absolute Gasteiger partial charge is 0.348 e. The number of hydrogen-bond acceptors (Lipinski definition) is 5. The first kappa shape index (κ1) is 17.7. The highest BCUT2D eigenvalue weighted by atomic mass is 16.5. The van der Waals surface area contributed by atoms with Crippen LogP contribution in [0.2, 0.25) is 0 Å². The van der Waals surface area contributed by atoms with Crippen LogP contribution >= 0.6 is 0 Å². The topological polar surface area (TPSA) is 82.0 Å². The van der Waals surface area contributed by atoms with Crippen molar-refractivity contribution >= 4 is 16.9 Å². The van der Waals surface area contributed by atoms with Gasteiger partial charge in [0.15, 0.2) is 0 Å². The number of benzene rings is 1. The maximum Gasteiger partial charge on any atom is 0.231 e. The Balaban J connectivity index is 1.21. The summed E-state index contributed by atoms with van der Waals surface area (Å²) in [6, 6.07) is 11.9. The Morgan fingerprint density at radius 3 is 3.00 bits per heavy atom. The lowest BCUT2D eigenvalue weighted by atomic mass is 10.1. The molecule has 1 aliphatic heterocycles. The summed E-state index contributed by atoms with van der Waals surface area (Å²) < 4.78 is 9.49. The molecule has 8 nitrogen and oxygen atoms in total. The van der Waals surface area contributed by atoms with Crippen molar-refractivity contribution in [1.29, 1.82) is 0 Å². The number of carbonyl (C=O) groups excluding carboxylic acids is 1. The van der Waals surface area contributed by atoms with E-state index in [9.17, 15) is 4.79 Å². The van der Waals surface area contributed by atoms with E-state index in [2.05, 4.69) is 15.1 Å². The molecule has 1 atom stereocenters. The number of carbonyl (C=O) groups is 1. The highest BCUT2D eigenvalue weighted by Crippen LogP contribution is 2.28. The zero-order valence-corrected chi connectivity index (χ0v) is 16.2. The maximum atomic E-state index is 12.7. The van der Waals surface area contributed by atoms with Crippen molar-refractivity contribution in [3.05, 3.63) is 54.8 Å². The van der Waals surface area contributed by atoms with Crippen LogP contribution in [0.3, 0.4) is 0 Å². The van der Waals surface area contributed by atoms with Gasteiger partial charge in [0.1, 0.15) is 0 Å². The first-order chi connectivity index (χ1) is 14.2. The molecule has 29 heavy (non-hydrogen) atoms. The first-order valence-electron chi connectivity index (χ1n) is 9.82. The van der Waals surface area contributed by atoms with Gasteiger partial charge in [-0.25, -0.2) is 4.98 Å². The number of hydrogen-bond donors (Lipinski definition) is 0. The molecule has 148 valence electrons. The van der Waals surface area contributed by atoms with Crippen LogP contribution in [0.4, 0.5) is 0 Å². The number of aryl methyl sites for hydroxylation is 2. The van der Waals surface area contributed by atoms with E-state index in [1.807, 2.05) is 63.7 Å². The summed E-state index contributed by atoms with van der Waals surface area (Å²) in [5, 5.41) is 4.11. The number of nitrogens with zero attached hydrogens (tertiary/aromatic N) is 6. The number of fused-ring (bicyclic) bond motifs is 1. The molecular weight excluding hydrogens is 368 g/mol. The Morgan fingerprint density at radius 2 is 2.14 bits per heavy atom. The van der Waals surface area contributed by atoms with Crippen molar-refractivity contribution in [3.63, 3.8) is 0 Å². The van der Waals surface area contributed by atoms with Gasteiger partial charge in [-0.15, -0.1) is 0 Å². The van der Waals surface area contributed by atoms with Gasteiger partial charge in [-0.3, -0.25) is 4.79 Å². The van der Waals surface area contributed by atoms with E-state index in [-0.39, 0.29) is 11.8 Å². The molecule has 0 spiro atoms. The normalized spacial score (nSPS) is 16.7. The molecule has 0 saturated carbocycles. The van der Waals surface area contributed by atoms with E-state index in [0.717, 1.165) is 29.7 Å². The maximum absolute atomic E-state index is 12.7. The smallest absolute Gasteiger partial charge is 0.231 e. The van der Waals surface area contributed by atoms with Crippen molar-refractivity contribution in [1.82, 2.24) is 29.2 Å². The average Bonchev–Trinajstić information content (AvgIpc) is 3.51. The van der Waals surface area contributed by atoms with Crippen LogP contribution in [0.5, 0.6) is 0 Å². The van der Waals surface area contributed by atoms with Crippen LogP contribution in [-0.4, -0.2) is 48.2 Å². The lowest BCUT2D eigenvalue weighted by Gasteiger charge is -2.16. The molecule has 0 aliphatic carbocycles. The molecule has 0 radical (unpaired) electrons. The number of aromatic nitrogens is 5. The third-order valence-electron chi connectivity index (χ3n) is 5.60. The summed E-state index contributed by atoms with van der Waals surface area (Å²) >= 11 is 0. The van der Waals surface area contributed by atoms with Crippen LogP contribution in [0.1, 0.15) is 24.7 Å². The molecule has 1 aromatic carbocycles. The van der Waals surface area contributed by atoms with Crippen molar-refractivity contribution in [2.75, 3.05) is 13.1 Å². The van der Waals surface area contributed by atoms with Crippen LogP contribution < -0.4 is 0 Å². The molecule has 1 aliphatic rings. The van der Waals surface area contributed by atoms with Crippen LogP contribution in [-0.2, 0) is 18.4 Å². The van der Waals surface area contributed by atoms with Gasteiger partial charge < -0.3 is 18.6 Å². The van der Waals surface area contributed by atoms with Crippen LogP contribution in [0, 0.1) is 0 Å². The Kier molecular flexibility index (Phi) is 4.38. The van der Waals surface area contributed by atoms with E-state index >= 15 is 0 Å². The van der Waals surface area contributed by atoms with E-state index in [1.165, 1.54) is 0 Å². The minimum absolute atomic E-state index is 0.0922. The quantitative estimate of drug-likeness (QED) is 0.523. The van der Waals surface area contributed by atoms with E-state index in [0.29, 0.717) is 31.2 Å². The number of rotatable bonds is 5. The van der Waals surface area contributed by atoms with Gasteiger partial charge in [-0.1, -0.05) is 17.3 Å². The highest BCUT2D eigenvalue weighted by Gasteiger charge is 2.31. The molecule has 8 heteroatoms. The van der Waals surface area contributed by atoms with Crippen molar-refractivity contribution in [3.8, 4) is 11.5 Å². The molecule has 5 rings (SSSR count). The monoisotopic (exact) mass is 390 g/mol. The van der Waals surface area contributed by atoms with Gasteiger partial charge in [0.2, 0.25) is 17.6 Å². The molecule has 1 saturated heterocycles. The fraction of sp³-hybridized carbons (Fsp3) is 0.333. The number of amides is 1. The molecule has 1 amide bonds. The number of imidazole rings is 1. The molecule has 4 aromatic rings. The van der Waals surface area contributed by atoms with E-state index in [4.69, 9.17) is 4.52 Å². The fourth-order valence-corrected chi connectivity index (χ4v) is 3.95. The van der Waals surface area contributed by atoms with Crippen molar-refractivity contribution < 1.29 is 9.32 Å². The SMILES string of the molecule is Cn1cccc1-c1noc([C@H]2CCN(C(=O)CCn3cnc4ccccc43)C2)n1. The standard InChI is InChI=1S/C21H22N6O2/c1-25-10-4-7-18(25)20-23-21(29-24-20)15-8-11-26(13-15)19(28)9-12-27-14-22-16-5-2-3-6-17(16)27/h2-7,10,14-15H,8-9,11-13H2,1H3/t15-/m0/s1. The number of likely N-dealkylation sites (tertiary alicyclic amines) is 1. The van der Waals surface area contributed by atoms with Crippen LogP contribution in [0.15, 0.2) is 53.4 Å². The second-order valence-corrected chi connectivity index (χ2v) is 7.46. The van der Waals surface area contributed by atoms with Gasteiger partial charge in [-0.05, 0) is 30.7 Å². The summed E-state index contributed by atoms with van der Waals surface area (Å²) in [5.41, 5.74) is 2.92. The molecule has 3 aromatic heterocycles. The summed E-state index contributed by atoms with van der Waals surface area (Å²) in [6.45, 7) is 1.97. The average molecular weight is 390 g/mol. The molecule has 0 bridgehead atoms. The second kappa shape index (κ2) is 7.20. The zero-order valence-electron chi connectivity index (χ0n) is 16.2. The van der Waals surface area contributed by atoms with E-state index in [1.54, 1.807) is 6.33 Å². The Bertz CT molecular complexity index is 1160. The van der Waals surface area contributed by atoms with E-state index < -0.39 is 0 Å². The minimum atomic E-state index is 0.0922. The molecule has 1 fully saturated rings. The summed E-state index contributed by atoms with van der Waals surface area (Å²) in [6.07, 6.45) is 5.04. The lowest BCUT2D eigenvalue weighted by molar-refractivity contribution is -0.130. The molecule has 4 heterocycles. The van der Waals surface area contributed by atoms with Gasteiger partial charge >= 0.3 is 0 Å². The predicted octanol–water partition coefficient (Wildman–Crippen LogP) is 2.83. The van der Waals surface area contributed by atoms with Gasteiger partial charge in [-0.2, -0.15) is 4.98 Å². The second-order valence-electron chi connectivity index (χ2n) is 7.46. The number of para-hydroxylation sites is 2. The predicted molar refractivity (Wildman–Crippen MR) is 107 cm³/mol. The fourth-order valence-electron chi connectivity index (χ4n) is 3.95. The third kappa shape index (κ3) is 3.30. The Labute approximate surface area is 167 Å². The summed E-state index contributed by atoms with van der Waals surface area (Å²) in [4.78, 5) is 23.6. The lowest BCUT2D eigenvalue weighted by Crippen LogP contribution is -2.29.